The zero-order valence-electron chi connectivity index (χ0n) is 18.2. The lowest BCUT2D eigenvalue weighted by molar-refractivity contribution is 0.167. The van der Waals surface area contributed by atoms with Gasteiger partial charge in [-0.05, 0) is 50.4 Å². The Morgan fingerprint density at radius 1 is 1.10 bits per heavy atom. The van der Waals surface area contributed by atoms with Gasteiger partial charge in [-0.3, -0.25) is 4.79 Å². The van der Waals surface area contributed by atoms with Gasteiger partial charge in [0, 0.05) is 11.5 Å². The van der Waals surface area contributed by atoms with Crippen molar-refractivity contribution >= 4 is 5.52 Å². The van der Waals surface area contributed by atoms with Crippen molar-refractivity contribution in [1.82, 2.24) is 19.6 Å². The van der Waals surface area contributed by atoms with Gasteiger partial charge in [-0.1, -0.05) is 57.5 Å². The van der Waals surface area contributed by atoms with Gasteiger partial charge in [0.15, 0.2) is 11.3 Å². The maximum atomic E-state index is 12.9. The Morgan fingerprint density at radius 3 is 2.34 bits per heavy atom. The first-order valence-electron chi connectivity index (χ1n) is 10.9. The van der Waals surface area contributed by atoms with Crippen LogP contribution in [0.3, 0.4) is 0 Å². The predicted molar refractivity (Wildman–Crippen MR) is 117 cm³/mol. The Hall–Kier alpha value is -2.43. The van der Waals surface area contributed by atoms with Crippen LogP contribution in [0.15, 0.2) is 29.1 Å². The minimum absolute atomic E-state index is 0.102. The number of nitrogens with one attached hydrogen (secondary N) is 1. The largest absolute Gasteiger partial charge is 0.303 e. The summed E-state index contributed by atoms with van der Waals surface area (Å²) >= 11 is 0. The fourth-order valence-electron chi connectivity index (χ4n) is 4.67. The van der Waals surface area contributed by atoms with E-state index < -0.39 is 0 Å². The van der Waals surface area contributed by atoms with Gasteiger partial charge in [0.05, 0.1) is 5.69 Å². The molecule has 0 bridgehead atoms. The van der Waals surface area contributed by atoms with E-state index in [0.717, 1.165) is 42.3 Å². The molecule has 1 aliphatic rings. The van der Waals surface area contributed by atoms with Crippen LogP contribution in [0.1, 0.15) is 76.4 Å². The maximum absolute atomic E-state index is 12.9. The van der Waals surface area contributed by atoms with Crippen LogP contribution in [0.2, 0.25) is 0 Å². The molecule has 1 saturated carbocycles. The van der Waals surface area contributed by atoms with E-state index in [-0.39, 0.29) is 5.56 Å². The highest BCUT2D eigenvalue weighted by Gasteiger charge is 2.32. The van der Waals surface area contributed by atoms with Gasteiger partial charge in [0.1, 0.15) is 5.82 Å². The lowest BCUT2D eigenvalue weighted by Crippen LogP contribution is -2.26. The number of nitrogens with zero attached hydrogens (tertiary/aromatic N) is 3. The molecule has 5 heteroatoms. The smallest absolute Gasteiger partial charge is 0.277 e. The van der Waals surface area contributed by atoms with E-state index in [4.69, 9.17) is 10.1 Å². The molecule has 0 unspecified atom stereocenters. The molecule has 0 atom stereocenters. The Morgan fingerprint density at radius 2 is 1.76 bits per heavy atom. The molecule has 1 aliphatic carbocycles. The van der Waals surface area contributed by atoms with E-state index in [1.807, 2.05) is 28.8 Å². The van der Waals surface area contributed by atoms with Gasteiger partial charge in [0.25, 0.3) is 5.56 Å². The minimum atomic E-state index is -0.102. The summed E-state index contributed by atoms with van der Waals surface area (Å²) in [4.78, 5) is 20.8. The fourth-order valence-corrected chi connectivity index (χ4v) is 4.67. The summed E-state index contributed by atoms with van der Waals surface area (Å²) in [6.07, 6.45) is 5.36. The molecule has 5 nitrogen and oxygen atoms in total. The first-order valence-corrected chi connectivity index (χ1v) is 10.9. The van der Waals surface area contributed by atoms with Crippen LogP contribution < -0.4 is 5.56 Å². The van der Waals surface area contributed by atoms with Crippen LogP contribution in [0.4, 0.5) is 0 Å². The van der Waals surface area contributed by atoms with Crippen molar-refractivity contribution in [1.29, 1.82) is 0 Å². The summed E-state index contributed by atoms with van der Waals surface area (Å²) in [6, 6.07) is 8.09. The number of benzene rings is 1. The summed E-state index contributed by atoms with van der Waals surface area (Å²) in [5, 5.41) is 4.85. The van der Waals surface area contributed by atoms with Crippen LogP contribution in [0.5, 0.6) is 0 Å². The summed E-state index contributed by atoms with van der Waals surface area (Å²) in [7, 11) is 0. The van der Waals surface area contributed by atoms with Crippen molar-refractivity contribution in [2.45, 2.75) is 72.6 Å². The van der Waals surface area contributed by atoms with E-state index in [1.165, 1.54) is 18.4 Å². The molecule has 0 radical (unpaired) electrons. The van der Waals surface area contributed by atoms with Gasteiger partial charge < -0.3 is 4.98 Å². The quantitative estimate of drug-likeness (QED) is 0.660. The Balaban J connectivity index is 1.76. The molecule has 0 aliphatic heterocycles. The number of aryl methyl sites for hydroxylation is 2. The van der Waals surface area contributed by atoms with Crippen molar-refractivity contribution in [2.75, 3.05) is 0 Å². The standard InChI is InChI=1S/C24H32N4O/c1-6-19-20-23(29)26-21(16-9-7-15(2)8-10-16)27-28(20)22(25-19)17-11-13-18(14-12-17)24(3,4)5/h7-10,17-18H,6,11-14H2,1-5H3,(H,26,27,29). The van der Waals surface area contributed by atoms with Crippen molar-refractivity contribution in [2.24, 2.45) is 11.3 Å². The third-order valence-electron chi connectivity index (χ3n) is 6.58. The normalized spacial score (nSPS) is 20.3. The van der Waals surface area contributed by atoms with Gasteiger partial charge in [-0.2, -0.15) is 0 Å². The van der Waals surface area contributed by atoms with Gasteiger partial charge in [-0.15, -0.1) is 5.10 Å². The number of imidazole rings is 1. The second-order valence-corrected chi connectivity index (χ2v) is 9.61. The van der Waals surface area contributed by atoms with Gasteiger partial charge in [-0.25, -0.2) is 9.50 Å². The van der Waals surface area contributed by atoms with Crippen LogP contribution in [0.25, 0.3) is 16.9 Å². The Bertz CT molecular complexity index is 1060. The average molecular weight is 393 g/mol. The number of aromatic nitrogens is 4. The highest BCUT2D eigenvalue weighted by molar-refractivity contribution is 5.58. The van der Waals surface area contributed by atoms with Crippen LogP contribution in [-0.4, -0.2) is 19.6 Å². The molecule has 1 fully saturated rings. The monoisotopic (exact) mass is 392 g/mol. The number of rotatable bonds is 3. The molecular weight excluding hydrogens is 360 g/mol. The molecule has 0 spiro atoms. The van der Waals surface area contributed by atoms with E-state index in [1.54, 1.807) is 0 Å². The molecule has 0 saturated heterocycles. The molecular formula is C24H32N4O. The van der Waals surface area contributed by atoms with Crippen molar-refractivity contribution in [3.8, 4) is 11.4 Å². The lowest BCUT2D eigenvalue weighted by Gasteiger charge is -2.36. The summed E-state index contributed by atoms with van der Waals surface area (Å²) in [5.41, 5.74) is 3.81. The molecule has 3 aromatic rings. The van der Waals surface area contributed by atoms with Crippen LogP contribution in [0, 0.1) is 18.3 Å². The SMILES string of the molecule is CCc1nc(C2CCC(C(C)(C)C)CC2)n2nc(-c3ccc(C)cc3)[nH]c(=O)c12. The topological polar surface area (TPSA) is 63.1 Å². The molecule has 2 heterocycles. The number of hydrogen-bond acceptors (Lipinski definition) is 3. The number of fused-ring (bicyclic) bond motifs is 1. The summed E-state index contributed by atoms with van der Waals surface area (Å²) in [5.74, 6) is 2.67. The first kappa shape index (κ1) is 19.9. The highest BCUT2D eigenvalue weighted by atomic mass is 16.1. The van der Waals surface area contributed by atoms with E-state index in [2.05, 4.69) is 39.6 Å². The van der Waals surface area contributed by atoms with E-state index in [0.29, 0.717) is 22.7 Å². The van der Waals surface area contributed by atoms with Crippen molar-refractivity contribution in [3.63, 3.8) is 0 Å². The van der Waals surface area contributed by atoms with Gasteiger partial charge >= 0.3 is 0 Å². The predicted octanol–water partition coefficient (Wildman–Crippen LogP) is 5.28. The first-order chi connectivity index (χ1) is 13.8. The van der Waals surface area contributed by atoms with Crippen LogP contribution in [-0.2, 0) is 6.42 Å². The molecule has 154 valence electrons. The van der Waals surface area contributed by atoms with E-state index >= 15 is 0 Å². The second kappa shape index (κ2) is 7.43. The van der Waals surface area contributed by atoms with Crippen molar-refractivity contribution in [3.05, 3.63) is 51.7 Å². The summed E-state index contributed by atoms with van der Waals surface area (Å²) in [6.45, 7) is 11.1. The lowest BCUT2D eigenvalue weighted by atomic mass is 9.70. The fraction of sp³-hybridized carbons (Fsp3) is 0.542. The molecule has 4 rings (SSSR count). The highest BCUT2D eigenvalue weighted by Crippen LogP contribution is 2.43. The zero-order valence-corrected chi connectivity index (χ0v) is 18.2. The van der Waals surface area contributed by atoms with Gasteiger partial charge in [0.2, 0.25) is 0 Å². The average Bonchev–Trinajstić information content (AvgIpc) is 3.07. The molecule has 1 aromatic carbocycles. The third kappa shape index (κ3) is 3.75. The summed E-state index contributed by atoms with van der Waals surface area (Å²) < 4.78 is 1.84. The maximum Gasteiger partial charge on any atom is 0.277 e. The Labute approximate surface area is 172 Å². The van der Waals surface area contributed by atoms with Crippen LogP contribution >= 0.6 is 0 Å². The molecule has 29 heavy (non-hydrogen) atoms. The minimum Gasteiger partial charge on any atom is -0.303 e. The molecule has 0 amide bonds. The third-order valence-corrected chi connectivity index (χ3v) is 6.58. The second-order valence-electron chi connectivity index (χ2n) is 9.61. The molecule has 2 aromatic heterocycles. The van der Waals surface area contributed by atoms with Crippen molar-refractivity contribution < 1.29 is 0 Å². The van der Waals surface area contributed by atoms with E-state index in [9.17, 15) is 4.79 Å². The number of H-pyrrole nitrogens is 1. The zero-order chi connectivity index (χ0) is 20.8. The molecule has 1 N–H and O–H groups in total. The number of aromatic amines is 1. The number of hydrogen-bond donors (Lipinski definition) is 1. The Kier molecular flexibility index (Phi) is 5.09.